The first kappa shape index (κ1) is 31.7. The van der Waals surface area contributed by atoms with Crippen molar-refractivity contribution in [1.29, 1.82) is 0 Å². The standard InChI is InChI=1S/C35H52O3/c1-4-7-9-11-13-14-15-16-18-20-28-38-35(36)32-23-26-34(30(6-3)29-32)31-21-24-33(25-22-31)37-27-19-17-12-10-8-5-2/h6,21-26,29H,3-5,7-20,27-28H2,1-2H3. The SMILES string of the molecule is C=Cc1cc(C(=O)OCCCCCCCCCCCC)ccc1-c1ccc(OCCCCCCCC)cc1. The van der Waals surface area contributed by atoms with Gasteiger partial charge in [0.1, 0.15) is 5.75 Å². The summed E-state index contributed by atoms with van der Waals surface area (Å²) in [6.45, 7) is 9.72. The molecule has 2 aromatic rings. The van der Waals surface area contributed by atoms with Crippen LogP contribution in [0.2, 0.25) is 0 Å². The van der Waals surface area contributed by atoms with Crippen molar-refractivity contribution in [3.63, 3.8) is 0 Å². The molecule has 210 valence electrons. The van der Waals surface area contributed by atoms with Crippen molar-refractivity contribution in [1.82, 2.24) is 0 Å². The Balaban J connectivity index is 1.72. The van der Waals surface area contributed by atoms with Crippen LogP contribution >= 0.6 is 0 Å². The van der Waals surface area contributed by atoms with E-state index in [0.29, 0.717) is 12.2 Å². The highest BCUT2D eigenvalue weighted by Crippen LogP contribution is 2.28. The van der Waals surface area contributed by atoms with Gasteiger partial charge in [0.05, 0.1) is 18.8 Å². The van der Waals surface area contributed by atoms with Crippen LogP contribution in [0.15, 0.2) is 49.0 Å². The van der Waals surface area contributed by atoms with Crippen molar-refractivity contribution in [2.45, 2.75) is 117 Å². The Morgan fingerprint density at radius 3 is 1.76 bits per heavy atom. The van der Waals surface area contributed by atoms with Crippen molar-refractivity contribution in [2.24, 2.45) is 0 Å². The summed E-state index contributed by atoms with van der Waals surface area (Å²) in [4.78, 5) is 12.6. The molecule has 3 nitrogen and oxygen atoms in total. The molecule has 0 aromatic heterocycles. The van der Waals surface area contributed by atoms with Gasteiger partial charge in [-0.25, -0.2) is 4.79 Å². The van der Waals surface area contributed by atoms with E-state index in [0.717, 1.165) is 48.3 Å². The lowest BCUT2D eigenvalue weighted by atomic mass is 9.97. The van der Waals surface area contributed by atoms with E-state index in [-0.39, 0.29) is 5.97 Å². The van der Waals surface area contributed by atoms with Gasteiger partial charge in [0.2, 0.25) is 0 Å². The fraction of sp³-hybridized carbons (Fsp3) is 0.571. The molecule has 0 radical (unpaired) electrons. The number of ether oxygens (including phenoxy) is 2. The second kappa shape index (κ2) is 20.4. The first-order valence-corrected chi connectivity index (χ1v) is 15.4. The minimum Gasteiger partial charge on any atom is -0.494 e. The molecule has 0 saturated heterocycles. The molecule has 0 aliphatic carbocycles. The number of hydrogen-bond acceptors (Lipinski definition) is 3. The molecule has 3 heteroatoms. The van der Waals surface area contributed by atoms with Gasteiger partial charge in [-0.1, -0.05) is 135 Å². The summed E-state index contributed by atoms with van der Waals surface area (Å²) in [7, 11) is 0. The van der Waals surface area contributed by atoms with Crippen LogP contribution in [-0.2, 0) is 4.74 Å². The fourth-order valence-electron chi connectivity index (χ4n) is 4.76. The molecular formula is C35H52O3. The van der Waals surface area contributed by atoms with Gasteiger partial charge < -0.3 is 9.47 Å². The number of carbonyl (C=O) groups is 1. The van der Waals surface area contributed by atoms with Crippen LogP contribution in [0, 0.1) is 0 Å². The van der Waals surface area contributed by atoms with Crippen LogP contribution in [0.3, 0.4) is 0 Å². The van der Waals surface area contributed by atoms with Gasteiger partial charge in [-0.2, -0.15) is 0 Å². The topological polar surface area (TPSA) is 35.5 Å². The molecule has 0 aliphatic heterocycles. The molecule has 0 bridgehead atoms. The number of hydrogen-bond donors (Lipinski definition) is 0. The Morgan fingerprint density at radius 1 is 0.684 bits per heavy atom. The summed E-state index contributed by atoms with van der Waals surface area (Å²) in [6.07, 6.45) is 22.0. The van der Waals surface area contributed by atoms with Crippen LogP contribution in [0.5, 0.6) is 5.75 Å². The molecule has 2 rings (SSSR count). The average molecular weight is 521 g/mol. The Bertz CT molecular complexity index is 900. The van der Waals surface area contributed by atoms with Crippen LogP contribution < -0.4 is 4.74 Å². The zero-order valence-corrected chi connectivity index (χ0v) is 24.3. The second-order valence-corrected chi connectivity index (χ2v) is 10.5. The van der Waals surface area contributed by atoms with E-state index in [9.17, 15) is 4.79 Å². The molecule has 0 spiro atoms. The Labute approximate surface area is 233 Å². The van der Waals surface area contributed by atoms with E-state index in [1.54, 1.807) is 6.08 Å². The number of carbonyl (C=O) groups excluding carboxylic acids is 1. The maximum atomic E-state index is 12.6. The van der Waals surface area contributed by atoms with E-state index in [4.69, 9.17) is 9.47 Å². The largest absolute Gasteiger partial charge is 0.494 e. The van der Waals surface area contributed by atoms with Gasteiger partial charge in [-0.05, 0) is 53.8 Å². The van der Waals surface area contributed by atoms with Gasteiger partial charge in [0, 0.05) is 0 Å². The molecule has 2 aromatic carbocycles. The predicted octanol–water partition coefficient (Wildman–Crippen LogP) is 10.8. The molecule has 0 aliphatic rings. The number of rotatable bonds is 22. The van der Waals surface area contributed by atoms with Crippen molar-refractivity contribution in [3.05, 3.63) is 60.2 Å². The normalized spacial score (nSPS) is 10.9. The second-order valence-electron chi connectivity index (χ2n) is 10.5. The molecule has 0 heterocycles. The van der Waals surface area contributed by atoms with Gasteiger partial charge >= 0.3 is 5.97 Å². The molecule has 0 unspecified atom stereocenters. The van der Waals surface area contributed by atoms with E-state index >= 15 is 0 Å². The number of unbranched alkanes of at least 4 members (excludes halogenated alkanes) is 14. The Kier molecular flexibility index (Phi) is 17.0. The molecule has 0 amide bonds. The van der Waals surface area contributed by atoms with Crippen LogP contribution in [-0.4, -0.2) is 19.2 Å². The van der Waals surface area contributed by atoms with Gasteiger partial charge in [-0.3, -0.25) is 0 Å². The lowest BCUT2D eigenvalue weighted by molar-refractivity contribution is 0.0497. The Hall–Kier alpha value is -2.55. The highest BCUT2D eigenvalue weighted by molar-refractivity contribution is 5.92. The maximum absolute atomic E-state index is 12.6. The lowest BCUT2D eigenvalue weighted by Gasteiger charge is -2.11. The van der Waals surface area contributed by atoms with Gasteiger partial charge in [0.15, 0.2) is 0 Å². The first-order chi connectivity index (χ1) is 18.7. The molecule has 0 atom stereocenters. The highest BCUT2D eigenvalue weighted by Gasteiger charge is 2.11. The van der Waals surface area contributed by atoms with Crippen LogP contribution in [0.4, 0.5) is 0 Å². The summed E-state index contributed by atoms with van der Waals surface area (Å²) in [5, 5.41) is 0. The minimum absolute atomic E-state index is 0.256. The van der Waals surface area contributed by atoms with Crippen molar-refractivity contribution >= 4 is 12.0 Å². The number of esters is 1. The maximum Gasteiger partial charge on any atom is 0.338 e. The Morgan fingerprint density at radius 2 is 1.21 bits per heavy atom. The zero-order chi connectivity index (χ0) is 27.3. The van der Waals surface area contributed by atoms with Crippen molar-refractivity contribution in [3.8, 4) is 16.9 Å². The highest BCUT2D eigenvalue weighted by atomic mass is 16.5. The van der Waals surface area contributed by atoms with Crippen molar-refractivity contribution < 1.29 is 14.3 Å². The third-order valence-electron chi connectivity index (χ3n) is 7.17. The molecule has 0 fully saturated rings. The lowest BCUT2D eigenvalue weighted by Crippen LogP contribution is -2.07. The third kappa shape index (κ3) is 12.8. The first-order valence-electron chi connectivity index (χ1n) is 15.4. The molecular weight excluding hydrogens is 468 g/mol. The van der Waals surface area contributed by atoms with Crippen LogP contribution in [0.25, 0.3) is 17.2 Å². The van der Waals surface area contributed by atoms with Crippen LogP contribution in [0.1, 0.15) is 133 Å². The quantitative estimate of drug-likeness (QED) is 0.114. The predicted molar refractivity (Wildman–Crippen MR) is 163 cm³/mol. The molecule has 0 N–H and O–H groups in total. The minimum atomic E-state index is -0.256. The van der Waals surface area contributed by atoms with E-state index in [2.05, 4.69) is 32.6 Å². The zero-order valence-electron chi connectivity index (χ0n) is 24.3. The molecule has 38 heavy (non-hydrogen) atoms. The van der Waals surface area contributed by atoms with E-state index in [1.807, 2.05) is 30.3 Å². The van der Waals surface area contributed by atoms with Gasteiger partial charge in [0.25, 0.3) is 0 Å². The summed E-state index contributed by atoms with van der Waals surface area (Å²) in [5.74, 6) is 0.642. The molecule has 0 saturated carbocycles. The third-order valence-corrected chi connectivity index (χ3v) is 7.17. The number of benzene rings is 2. The van der Waals surface area contributed by atoms with Gasteiger partial charge in [-0.15, -0.1) is 0 Å². The smallest absolute Gasteiger partial charge is 0.338 e. The van der Waals surface area contributed by atoms with E-state index < -0.39 is 0 Å². The summed E-state index contributed by atoms with van der Waals surface area (Å²) in [6, 6.07) is 13.9. The fourth-order valence-corrected chi connectivity index (χ4v) is 4.76. The summed E-state index contributed by atoms with van der Waals surface area (Å²) >= 11 is 0. The summed E-state index contributed by atoms with van der Waals surface area (Å²) in [5.41, 5.74) is 3.64. The average Bonchev–Trinajstić information content (AvgIpc) is 2.95. The summed E-state index contributed by atoms with van der Waals surface area (Å²) < 4.78 is 11.5. The van der Waals surface area contributed by atoms with E-state index in [1.165, 1.54) is 83.5 Å². The van der Waals surface area contributed by atoms with Crippen molar-refractivity contribution in [2.75, 3.05) is 13.2 Å². The monoisotopic (exact) mass is 520 g/mol.